The van der Waals surface area contributed by atoms with Crippen LogP contribution in [0.1, 0.15) is 33.2 Å². The minimum Gasteiger partial charge on any atom is -0.295 e. The van der Waals surface area contributed by atoms with Crippen molar-refractivity contribution < 1.29 is 22.4 Å². The van der Waals surface area contributed by atoms with E-state index in [1.165, 1.54) is 19.1 Å². The van der Waals surface area contributed by atoms with E-state index in [2.05, 4.69) is 0 Å². The third-order valence-electron chi connectivity index (χ3n) is 3.20. The number of sulfonamides is 1. The molecule has 128 valence electrons. The first kappa shape index (κ1) is 18.6. The fourth-order valence-corrected chi connectivity index (χ4v) is 3.42. The highest BCUT2D eigenvalue weighted by atomic mass is 35.5. The highest BCUT2D eigenvalue weighted by molar-refractivity contribution is 7.90. The quantitative estimate of drug-likeness (QED) is 0.821. The number of nitriles is 1. The summed E-state index contributed by atoms with van der Waals surface area (Å²) in [5.41, 5.74) is -0.521. The van der Waals surface area contributed by atoms with E-state index < -0.39 is 32.2 Å². The second kappa shape index (κ2) is 7.01. The van der Waals surface area contributed by atoms with Gasteiger partial charge in [-0.2, -0.15) is 5.26 Å². The molecule has 0 aliphatic heterocycles. The molecular formula is C16H10ClFN2O4S. The fourth-order valence-electron chi connectivity index (χ4n) is 1.92. The molecule has 0 aromatic heterocycles. The molecule has 2 rings (SSSR count). The van der Waals surface area contributed by atoms with Crippen LogP contribution in [-0.4, -0.2) is 20.1 Å². The Morgan fingerprint density at radius 1 is 1.16 bits per heavy atom. The van der Waals surface area contributed by atoms with Gasteiger partial charge in [-0.3, -0.25) is 9.59 Å². The van der Waals surface area contributed by atoms with E-state index in [0.29, 0.717) is 0 Å². The number of carbonyl (C=O) groups is 2. The van der Waals surface area contributed by atoms with Crippen LogP contribution in [0.25, 0.3) is 0 Å². The monoisotopic (exact) mass is 380 g/mol. The summed E-state index contributed by atoms with van der Waals surface area (Å²) in [6.45, 7) is 1.25. The number of hydrogen-bond acceptors (Lipinski definition) is 5. The lowest BCUT2D eigenvalue weighted by Crippen LogP contribution is -2.31. The first-order valence-corrected chi connectivity index (χ1v) is 8.59. The van der Waals surface area contributed by atoms with Gasteiger partial charge >= 0.3 is 0 Å². The van der Waals surface area contributed by atoms with E-state index in [4.69, 9.17) is 16.9 Å². The molecule has 9 heteroatoms. The van der Waals surface area contributed by atoms with Crippen LogP contribution in [0.2, 0.25) is 5.02 Å². The Morgan fingerprint density at radius 3 is 2.40 bits per heavy atom. The van der Waals surface area contributed by atoms with Gasteiger partial charge in [0.05, 0.1) is 10.6 Å². The minimum absolute atomic E-state index is 0.103. The Morgan fingerprint density at radius 2 is 1.80 bits per heavy atom. The van der Waals surface area contributed by atoms with E-state index in [0.717, 1.165) is 24.3 Å². The minimum atomic E-state index is -4.38. The summed E-state index contributed by atoms with van der Waals surface area (Å²) < 4.78 is 39.8. The summed E-state index contributed by atoms with van der Waals surface area (Å²) in [6, 6.07) is 8.01. The summed E-state index contributed by atoms with van der Waals surface area (Å²) in [5.74, 6) is -2.28. The van der Waals surface area contributed by atoms with Crippen molar-refractivity contribution in [1.29, 1.82) is 5.26 Å². The number of ketones is 1. The summed E-state index contributed by atoms with van der Waals surface area (Å²) in [7, 11) is -4.38. The topological polar surface area (TPSA) is 104 Å². The Kier molecular flexibility index (Phi) is 5.21. The van der Waals surface area contributed by atoms with Crippen LogP contribution in [-0.2, 0) is 10.0 Å². The Bertz CT molecular complexity index is 1030. The van der Waals surface area contributed by atoms with Crippen molar-refractivity contribution in [3.05, 3.63) is 63.9 Å². The van der Waals surface area contributed by atoms with Crippen molar-refractivity contribution in [3.8, 4) is 6.07 Å². The smallest absolute Gasteiger partial charge is 0.265 e. The third-order valence-corrected chi connectivity index (χ3v) is 5.02. The zero-order valence-electron chi connectivity index (χ0n) is 12.7. The van der Waals surface area contributed by atoms with Crippen molar-refractivity contribution in [2.45, 2.75) is 11.8 Å². The van der Waals surface area contributed by atoms with Gasteiger partial charge in [0.2, 0.25) is 0 Å². The molecule has 0 aliphatic rings. The number of nitrogens with one attached hydrogen (secondary N) is 1. The molecule has 0 saturated heterocycles. The molecule has 0 heterocycles. The Balaban J connectivity index is 2.39. The highest BCUT2D eigenvalue weighted by Gasteiger charge is 2.23. The third kappa shape index (κ3) is 4.02. The van der Waals surface area contributed by atoms with Gasteiger partial charge in [-0.05, 0) is 43.3 Å². The molecule has 0 radical (unpaired) electrons. The van der Waals surface area contributed by atoms with E-state index in [-0.39, 0.29) is 21.9 Å². The molecule has 0 atom stereocenters. The number of carbonyl (C=O) groups excluding carboxylic acids is 2. The van der Waals surface area contributed by atoms with E-state index >= 15 is 0 Å². The van der Waals surface area contributed by atoms with Crippen molar-refractivity contribution in [2.75, 3.05) is 0 Å². The van der Waals surface area contributed by atoms with Crippen molar-refractivity contribution in [1.82, 2.24) is 4.72 Å². The maximum Gasteiger partial charge on any atom is 0.265 e. The lowest BCUT2D eigenvalue weighted by Gasteiger charge is -2.10. The predicted molar refractivity (Wildman–Crippen MR) is 87.2 cm³/mol. The molecule has 0 unspecified atom stereocenters. The summed E-state index contributed by atoms with van der Waals surface area (Å²) in [5, 5.41) is 8.59. The number of benzene rings is 2. The standard InChI is InChI=1S/C16H10ClFN2O4S/c1-9(21)10-2-4-13(17)15(7-10)25(23,24)20-16(22)11-3-5-14(18)12(6-11)8-19/h2-7H,1H3,(H,20,22). The van der Waals surface area contributed by atoms with Crippen LogP contribution in [0.3, 0.4) is 0 Å². The van der Waals surface area contributed by atoms with Gasteiger partial charge in [-0.25, -0.2) is 17.5 Å². The molecule has 1 amide bonds. The van der Waals surface area contributed by atoms with Crippen LogP contribution in [0.15, 0.2) is 41.3 Å². The fraction of sp³-hybridized carbons (Fsp3) is 0.0625. The predicted octanol–water partition coefficient (Wildman–Crippen LogP) is 2.67. The molecule has 2 aromatic rings. The first-order chi connectivity index (χ1) is 11.7. The second-order valence-electron chi connectivity index (χ2n) is 4.94. The van der Waals surface area contributed by atoms with Crippen molar-refractivity contribution >= 4 is 33.3 Å². The zero-order chi connectivity index (χ0) is 18.8. The molecule has 0 fully saturated rings. The number of rotatable bonds is 4. The normalized spacial score (nSPS) is 10.8. The average molecular weight is 381 g/mol. The summed E-state index contributed by atoms with van der Waals surface area (Å²) in [4.78, 5) is 23.1. The van der Waals surface area contributed by atoms with Gasteiger partial charge in [0.25, 0.3) is 15.9 Å². The molecule has 0 bridgehead atoms. The van der Waals surface area contributed by atoms with E-state index in [1.54, 1.807) is 10.8 Å². The molecule has 6 nitrogen and oxygen atoms in total. The van der Waals surface area contributed by atoms with E-state index in [1.807, 2.05) is 0 Å². The number of amides is 1. The lowest BCUT2D eigenvalue weighted by atomic mass is 10.1. The Labute approximate surface area is 147 Å². The molecule has 0 saturated carbocycles. The van der Waals surface area contributed by atoms with Crippen LogP contribution in [0.4, 0.5) is 4.39 Å². The first-order valence-electron chi connectivity index (χ1n) is 6.73. The van der Waals surface area contributed by atoms with Gasteiger partial charge in [0.1, 0.15) is 16.8 Å². The second-order valence-corrected chi connectivity index (χ2v) is 7.00. The van der Waals surface area contributed by atoms with Gasteiger partial charge in [0, 0.05) is 11.1 Å². The number of hydrogen-bond donors (Lipinski definition) is 1. The van der Waals surface area contributed by atoms with Gasteiger partial charge in [0.15, 0.2) is 5.78 Å². The lowest BCUT2D eigenvalue weighted by molar-refractivity contribution is 0.0979. The molecule has 1 N–H and O–H groups in total. The van der Waals surface area contributed by atoms with Crippen molar-refractivity contribution in [3.63, 3.8) is 0 Å². The maximum atomic E-state index is 13.3. The average Bonchev–Trinajstić information content (AvgIpc) is 2.54. The van der Waals surface area contributed by atoms with Gasteiger partial charge in [-0.1, -0.05) is 11.6 Å². The van der Waals surface area contributed by atoms with Crippen LogP contribution in [0.5, 0.6) is 0 Å². The van der Waals surface area contributed by atoms with Crippen LogP contribution >= 0.6 is 11.6 Å². The van der Waals surface area contributed by atoms with Crippen LogP contribution < -0.4 is 4.72 Å². The van der Waals surface area contributed by atoms with Crippen LogP contribution in [0, 0.1) is 17.1 Å². The maximum absolute atomic E-state index is 13.3. The van der Waals surface area contributed by atoms with Crippen molar-refractivity contribution in [2.24, 2.45) is 0 Å². The van der Waals surface area contributed by atoms with Gasteiger partial charge < -0.3 is 0 Å². The highest BCUT2D eigenvalue weighted by Crippen LogP contribution is 2.23. The molecule has 25 heavy (non-hydrogen) atoms. The molecule has 2 aromatic carbocycles. The largest absolute Gasteiger partial charge is 0.295 e. The Hall–Kier alpha value is -2.76. The molecule has 0 spiro atoms. The van der Waals surface area contributed by atoms with E-state index in [9.17, 15) is 22.4 Å². The summed E-state index contributed by atoms with van der Waals surface area (Å²) >= 11 is 5.85. The van der Waals surface area contributed by atoms with Gasteiger partial charge in [-0.15, -0.1) is 0 Å². The number of Topliss-reactive ketones (excluding diaryl/α,β-unsaturated/α-hetero) is 1. The summed E-state index contributed by atoms with van der Waals surface area (Å²) in [6.07, 6.45) is 0. The zero-order valence-corrected chi connectivity index (χ0v) is 14.3. The molecule has 0 aliphatic carbocycles. The number of halogens is 2. The molecular weight excluding hydrogens is 371 g/mol. The number of nitrogens with zero attached hydrogens (tertiary/aromatic N) is 1. The SMILES string of the molecule is CC(=O)c1ccc(Cl)c(S(=O)(=O)NC(=O)c2ccc(F)c(C#N)c2)c1.